The van der Waals surface area contributed by atoms with Crippen molar-refractivity contribution in [1.82, 2.24) is 0 Å². The Balaban J connectivity index is 0. The van der Waals surface area contributed by atoms with Crippen molar-refractivity contribution in [1.29, 1.82) is 0 Å². The van der Waals surface area contributed by atoms with Crippen molar-refractivity contribution in [2.45, 2.75) is 0 Å². The normalized spacial score (nSPS) is 9.57. The number of hydrogen-bond acceptors (Lipinski definition) is 0. The molecule has 0 amide bonds. The summed E-state index contributed by atoms with van der Waals surface area (Å²) in [6.07, 6.45) is 0. The molecule has 0 fully saturated rings. The van der Waals surface area contributed by atoms with E-state index in [9.17, 15) is 0 Å². The molecule has 0 aromatic rings. The van der Waals surface area contributed by atoms with Crippen LogP contribution in [0.25, 0.3) is 0 Å². The van der Waals surface area contributed by atoms with Crippen LogP contribution in [-0.4, -0.2) is 0 Å². The van der Waals surface area contributed by atoms with Crippen LogP contribution in [0.3, 0.4) is 0 Å². The predicted molar refractivity (Wildman–Crippen MR) is 35.4 cm³/mol. The van der Waals surface area contributed by atoms with E-state index in [1.165, 1.54) is 0 Å². The van der Waals surface area contributed by atoms with Gasteiger partial charge in [-0.3, -0.25) is 0 Å². The number of hydrogen-bond donors (Lipinski definition) is 0. The van der Waals surface area contributed by atoms with Crippen LogP contribution in [0.1, 0.15) is 0 Å². The third kappa shape index (κ3) is 49.5. The topological polar surface area (TPSA) is 0 Å². The summed E-state index contributed by atoms with van der Waals surface area (Å²) in [6.45, 7) is 0. The maximum absolute atomic E-state index is 4.94. The Bertz CT molecular complexity index is 24.1. The van der Waals surface area contributed by atoms with Gasteiger partial charge in [-0.1, -0.05) is 0 Å². The average Bonchev–Trinajstić information content (AvgIpc) is 1.33. The zero-order valence-corrected chi connectivity index (χ0v) is 10.7. The summed E-state index contributed by atoms with van der Waals surface area (Å²) in [6, 6.07) is 0. The Morgan fingerprint density at radius 2 is 1.14 bits per heavy atom. The summed E-state index contributed by atoms with van der Waals surface area (Å²) in [4.78, 5) is 0. The monoisotopic (exact) mass is 425 g/mol. The van der Waals surface area contributed by atoms with Gasteiger partial charge in [0.2, 0.25) is 0 Å². The first kappa shape index (κ1) is 12.6. The quantitative estimate of drug-likeness (QED) is 0.516. The van der Waals surface area contributed by atoms with Gasteiger partial charge in [0.25, 0.3) is 0 Å². The van der Waals surface area contributed by atoms with Crippen LogP contribution < -0.4 is 0 Å². The van der Waals surface area contributed by atoms with Crippen LogP contribution >= 0.6 is 57.4 Å². The van der Waals surface area contributed by atoms with Crippen LogP contribution in [-0.2, 0) is 24.1 Å². The van der Waals surface area contributed by atoms with Gasteiger partial charge in [-0.15, -0.1) is 0 Å². The first-order valence-electron chi connectivity index (χ1n) is 0.630. The zero-order valence-electron chi connectivity index (χ0n) is 2.56. The zero-order chi connectivity index (χ0) is 6.28. The van der Waals surface area contributed by atoms with Gasteiger partial charge in [0, 0.05) is 0 Å². The summed E-state index contributed by atoms with van der Waals surface area (Å²) in [5, 5.41) is 0. The van der Waals surface area contributed by atoms with Crippen molar-refractivity contribution in [3.63, 3.8) is 0 Å². The maximum atomic E-state index is 4.94. The summed E-state index contributed by atoms with van der Waals surface area (Å²) < 4.78 is 0. The summed E-state index contributed by atoms with van der Waals surface area (Å²) in [5.74, 6) is 0. The second kappa shape index (κ2) is 11.7. The van der Waals surface area contributed by atoms with Crippen molar-refractivity contribution in [3.8, 4) is 0 Å². The fraction of sp³-hybridized carbons (Fsp3) is 0. The average molecular weight is 428 g/mol. The summed E-state index contributed by atoms with van der Waals surface area (Å²) in [7, 11) is 14.8. The molecule has 0 saturated heterocycles. The minimum atomic E-state index is -1.66. The van der Waals surface area contributed by atoms with E-state index in [1.807, 2.05) is 0 Å². The first-order chi connectivity index (χ1) is 3.15. The molecular formula is Br2Cl3CoRh. The van der Waals surface area contributed by atoms with E-state index in [4.69, 9.17) is 29.1 Å². The Morgan fingerprint density at radius 3 is 1.14 bits per heavy atom. The SMILES string of the molecule is [Br][Co][Br].[Cl][Rh]([Cl])[Cl]. The molecule has 0 N–H and O–H groups in total. The van der Waals surface area contributed by atoms with E-state index < -0.39 is 13.0 Å². The number of rotatable bonds is 0. The molecule has 0 saturated carbocycles. The molecule has 0 rings (SSSR count). The molecule has 0 bridgehead atoms. The van der Waals surface area contributed by atoms with Gasteiger partial charge in [-0.05, 0) is 0 Å². The summed E-state index contributed by atoms with van der Waals surface area (Å²) in [5.41, 5.74) is 0. The fourth-order valence-corrected chi connectivity index (χ4v) is 0. The minimum absolute atomic E-state index is 1.06. The second-order valence-corrected chi connectivity index (χ2v) is 12.9. The van der Waals surface area contributed by atoms with Gasteiger partial charge in [0.15, 0.2) is 0 Å². The Kier molecular flexibility index (Phi) is 21.1. The van der Waals surface area contributed by atoms with Crippen molar-refractivity contribution in [2.24, 2.45) is 0 Å². The van der Waals surface area contributed by atoms with Gasteiger partial charge < -0.3 is 0 Å². The van der Waals surface area contributed by atoms with E-state index in [0.717, 1.165) is 11.1 Å². The third-order valence-electron chi connectivity index (χ3n) is 0. The van der Waals surface area contributed by atoms with Crippen molar-refractivity contribution >= 4 is 57.4 Å². The van der Waals surface area contributed by atoms with E-state index in [2.05, 4.69) is 28.3 Å². The van der Waals surface area contributed by atoms with Crippen LogP contribution in [0.5, 0.6) is 0 Å². The van der Waals surface area contributed by atoms with Crippen LogP contribution in [0.4, 0.5) is 0 Å². The van der Waals surface area contributed by atoms with Gasteiger partial charge >= 0.3 is 81.5 Å². The molecule has 0 atom stereocenters. The predicted octanol–water partition coefficient (Wildman–Crippen LogP) is 3.75. The molecule has 0 aliphatic heterocycles. The van der Waals surface area contributed by atoms with Crippen molar-refractivity contribution in [3.05, 3.63) is 0 Å². The molecule has 0 unspecified atom stereocenters. The van der Waals surface area contributed by atoms with E-state index >= 15 is 0 Å². The van der Waals surface area contributed by atoms with Gasteiger partial charge in [-0.2, -0.15) is 0 Å². The van der Waals surface area contributed by atoms with Gasteiger partial charge in [0.1, 0.15) is 0 Å². The Morgan fingerprint density at radius 1 is 1.14 bits per heavy atom. The molecular weight excluding hydrogens is 428 g/mol. The third-order valence-corrected chi connectivity index (χ3v) is 0. The molecule has 0 aliphatic carbocycles. The van der Waals surface area contributed by atoms with Gasteiger partial charge in [-0.25, -0.2) is 0 Å². The van der Waals surface area contributed by atoms with E-state index in [0.29, 0.717) is 0 Å². The van der Waals surface area contributed by atoms with E-state index in [-0.39, 0.29) is 0 Å². The molecule has 0 aliphatic rings. The molecule has 0 heterocycles. The van der Waals surface area contributed by atoms with Crippen LogP contribution in [0.15, 0.2) is 0 Å². The molecule has 7 heavy (non-hydrogen) atoms. The molecule has 7 heteroatoms. The first-order valence-corrected chi connectivity index (χ1v) is 12.1. The van der Waals surface area contributed by atoms with Crippen molar-refractivity contribution in [2.75, 3.05) is 0 Å². The molecule has 53 valence electrons. The van der Waals surface area contributed by atoms with Gasteiger partial charge in [0.05, 0.1) is 0 Å². The fourth-order valence-electron chi connectivity index (χ4n) is 0. The molecule has 0 spiro atoms. The Hall–Kier alpha value is 2.96. The molecule has 0 aromatic heterocycles. The summed E-state index contributed by atoms with van der Waals surface area (Å²) >= 11 is 5.47. The second-order valence-electron chi connectivity index (χ2n) is 0.190. The Labute approximate surface area is 80.1 Å². The van der Waals surface area contributed by atoms with E-state index in [1.54, 1.807) is 0 Å². The van der Waals surface area contributed by atoms with Crippen LogP contribution in [0.2, 0.25) is 0 Å². The molecule has 0 nitrogen and oxygen atoms in total. The number of halogens is 5. The molecule has 0 radical (unpaired) electrons. The molecule has 0 aromatic carbocycles. The van der Waals surface area contributed by atoms with Crippen molar-refractivity contribution < 1.29 is 24.1 Å². The van der Waals surface area contributed by atoms with Crippen LogP contribution in [0, 0.1) is 0 Å². The standard InChI is InChI=1S/2BrH.3ClH.Co.Rh/h5*1H;;/q;;;;;+2;+3/p-5.